The maximum atomic E-state index is 12.8. The zero-order chi connectivity index (χ0) is 25.1. The molecular weight excluding hydrogens is 622 g/mol. The van der Waals surface area contributed by atoms with E-state index in [-0.39, 0.29) is 11.5 Å². The lowest BCUT2D eigenvalue weighted by Gasteiger charge is -2.11. The van der Waals surface area contributed by atoms with Crippen LogP contribution in [0.2, 0.25) is 10.0 Å². The van der Waals surface area contributed by atoms with Crippen LogP contribution in [0.25, 0.3) is 6.08 Å². The lowest BCUT2D eigenvalue weighted by molar-refractivity contribution is -0.121. The molecule has 0 atom stereocenters. The first-order valence-corrected chi connectivity index (χ1v) is 12.8. The fourth-order valence-electron chi connectivity index (χ4n) is 3.16. The van der Waals surface area contributed by atoms with Crippen molar-refractivity contribution < 1.29 is 19.4 Å². The van der Waals surface area contributed by atoms with Gasteiger partial charge in [-0.2, -0.15) is 0 Å². The van der Waals surface area contributed by atoms with E-state index in [9.17, 15) is 14.7 Å². The first kappa shape index (κ1) is 25.6. The number of carboxylic acids is 1. The van der Waals surface area contributed by atoms with Crippen LogP contribution in [-0.2, 0) is 11.4 Å². The number of ether oxygens (including phenoxy) is 1. The maximum absolute atomic E-state index is 12.8. The van der Waals surface area contributed by atoms with E-state index in [4.69, 9.17) is 27.9 Å². The molecule has 1 saturated heterocycles. The number of carbonyl (C=O) groups is 2. The van der Waals surface area contributed by atoms with Crippen molar-refractivity contribution in [3.63, 3.8) is 0 Å². The van der Waals surface area contributed by atoms with Crippen LogP contribution in [-0.4, -0.2) is 34.1 Å². The highest BCUT2D eigenvalue weighted by Crippen LogP contribution is 2.38. The van der Waals surface area contributed by atoms with E-state index in [1.165, 1.54) is 28.8 Å². The van der Waals surface area contributed by atoms with Gasteiger partial charge < -0.3 is 9.84 Å². The summed E-state index contributed by atoms with van der Waals surface area (Å²) in [4.78, 5) is 30.3. The normalized spacial score (nSPS) is 15.8. The van der Waals surface area contributed by atoms with Crippen molar-refractivity contribution >= 4 is 86.4 Å². The average molecular weight is 639 g/mol. The minimum absolute atomic E-state index is 0.119. The highest BCUT2D eigenvalue weighted by atomic mass is 127. The topological polar surface area (TPSA) is 79.2 Å². The standard InChI is InChI=1S/C25H17Cl2IN2O4S/c1-30-23(31)21(35-25(30)29-18-4-2-3-16(12-18)24(32)33)11-15-9-19(26)22(20(27)10-15)34-13-14-5-7-17(28)8-6-14/h2-12H,13H2,1H3,(H,32,33)/b21-11-,29-25?. The number of aliphatic imine (C=N–C) groups is 1. The van der Waals surface area contributed by atoms with Gasteiger partial charge >= 0.3 is 5.97 Å². The molecule has 1 amide bonds. The molecule has 0 aliphatic carbocycles. The Balaban J connectivity index is 1.54. The molecule has 4 rings (SSSR count). The van der Waals surface area contributed by atoms with Crippen LogP contribution in [0.1, 0.15) is 21.5 Å². The third-order valence-corrected chi connectivity index (χ3v) is 7.28. The van der Waals surface area contributed by atoms with Crippen molar-refractivity contribution in [1.82, 2.24) is 4.90 Å². The number of hydrogen-bond acceptors (Lipinski definition) is 5. The molecule has 0 saturated carbocycles. The lowest BCUT2D eigenvalue weighted by atomic mass is 10.2. The van der Waals surface area contributed by atoms with E-state index in [1.54, 1.807) is 37.4 Å². The Morgan fingerprint density at radius 3 is 2.49 bits per heavy atom. The molecular formula is C25H17Cl2IN2O4S. The number of carboxylic acid groups (broad SMARTS) is 1. The first-order chi connectivity index (χ1) is 16.7. The number of likely N-dealkylation sites (N-methyl/N-ethyl adjacent to an activating group) is 1. The first-order valence-electron chi connectivity index (χ1n) is 10.2. The third-order valence-electron chi connectivity index (χ3n) is 4.94. The quantitative estimate of drug-likeness (QED) is 0.230. The predicted molar refractivity (Wildman–Crippen MR) is 149 cm³/mol. The number of amides is 1. The molecule has 10 heteroatoms. The Morgan fingerprint density at radius 2 is 1.83 bits per heavy atom. The largest absolute Gasteiger partial charge is 0.486 e. The number of aromatic carboxylic acids is 1. The van der Waals surface area contributed by atoms with Gasteiger partial charge in [-0.25, -0.2) is 9.79 Å². The maximum Gasteiger partial charge on any atom is 0.335 e. The molecule has 0 radical (unpaired) electrons. The van der Waals surface area contributed by atoms with Gasteiger partial charge in [-0.15, -0.1) is 0 Å². The molecule has 0 spiro atoms. The van der Waals surface area contributed by atoms with Gasteiger partial charge in [0.15, 0.2) is 10.9 Å². The minimum Gasteiger partial charge on any atom is -0.486 e. The summed E-state index contributed by atoms with van der Waals surface area (Å²) in [6, 6.07) is 17.5. The number of benzene rings is 3. The van der Waals surface area contributed by atoms with Crippen molar-refractivity contribution in [2.45, 2.75) is 6.61 Å². The Bertz CT molecular complexity index is 1350. The second-order valence-electron chi connectivity index (χ2n) is 7.45. The molecule has 3 aromatic carbocycles. The van der Waals surface area contributed by atoms with Crippen molar-refractivity contribution in [3.8, 4) is 5.75 Å². The third kappa shape index (κ3) is 6.19. The van der Waals surface area contributed by atoms with Gasteiger partial charge in [-0.1, -0.05) is 41.4 Å². The van der Waals surface area contributed by atoms with Crippen LogP contribution >= 0.6 is 57.6 Å². The van der Waals surface area contributed by atoms with Crippen molar-refractivity contribution in [1.29, 1.82) is 0 Å². The van der Waals surface area contributed by atoms with Gasteiger partial charge in [0.25, 0.3) is 5.91 Å². The van der Waals surface area contributed by atoms with E-state index in [2.05, 4.69) is 27.6 Å². The number of halogens is 3. The second-order valence-corrected chi connectivity index (χ2v) is 10.5. The summed E-state index contributed by atoms with van der Waals surface area (Å²) in [6.45, 7) is 0.318. The molecule has 0 aromatic heterocycles. The predicted octanol–water partition coefficient (Wildman–Crippen LogP) is 7.11. The van der Waals surface area contributed by atoms with Gasteiger partial charge in [0.05, 0.1) is 26.2 Å². The van der Waals surface area contributed by atoms with E-state index in [1.807, 2.05) is 24.3 Å². The number of amidine groups is 1. The van der Waals surface area contributed by atoms with Gasteiger partial charge in [0, 0.05) is 10.6 Å². The molecule has 35 heavy (non-hydrogen) atoms. The Morgan fingerprint density at radius 1 is 1.14 bits per heavy atom. The van der Waals surface area contributed by atoms with Crippen molar-refractivity contribution in [2.24, 2.45) is 4.99 Å². The number of rotatable bonds is 6. The second kappa shape index (κ2) is 11.0. The van der Waals surface area contributed by atoms with Crippen LogP contribution in [0.4, 0.5) is 5.69 Å². The lowest BCUT2D eigenvalue weighted by Crippen LogP contribution is -2.23. The number of nitrogens with zero attached hydrogens (tertiary/aromatic N) is 2. The monoisotopic (exact) mass is 638 g/mol. The van der Waals surface area contributed by atoms with Crippen LogP contribution < -0.4 is 4.74 Å². The summed E-state index contributed by atoms with van der Waals surface area (Å²) < 4.78 is 6.97. The van der Waals surface area contributed by atoms with Crippen LogP contribution in [0.3, 0.4) is 0 Å². The molecule has 1 aliphatic heterocycles. The number of thioether (sulfide) groups is 1. The molecule has 6 nitrogen and oxygen atoms in total. The van der Waals surface area contributed by atoms with Gasteiger partial charge in [-0.3, -0.25) is 9.69 Å². The zero-order valence-corrected chi connectivity index (χ0v) is 22.7. The van der Waals surface area contributed by atoms with Gasteiger partial charge in [0.2, 0.25) is 0 Å². The summed E-state index contributed by atoms with van der Waals surface area (Å²) in [6.07, 6.45) is 1.68. The fourth-order valence-corrected chi connectivity index (χ4v) is 5.12. The summed E-state index contributed by atoms with van der Waals surface area (Å²) in [5.74, 6) is -0.914. The molecule has 1 N–H and O–H groups in total. The van der Waals surface area contributed by atoms with Crippen molar-refractivity contribution in [2.75, 3.05) is 7.05 Å². The number of carbonyl (C=O) groups excluding carboxylic acids is 1. The minimum atomic E-state index is -1.05. The van der Waals surface area contributed by atoms with E-state index in [0.29, 0.717) is 43.7 Å². The van der Waals surface area contributed by atoms with E-state index < -0.39 is 5.97 Å². The van der Waals surface area contributed by atoms with Crippen LogP contribution in [0.15, 0.2) is 70.6 Å². The van der Waals surface area contributed by atoms with Gasteiger partial charge in [0.1, 0.15) is 6.61 Å². The highest BCUT2D eigenvalue weighted by Gasteiger charge is 2.30. The highest BCUT2D eigenvalue weighted by molar-refractivity contribution is 14.1. The van der Waals surface area contributed by atoms with Crippen LogP contribution in [0.5, 0.6) is 5.75 Å². The fraction of sp³-hybridized carbons (Fsp3) is 0.0800. The molecule has 1 fully saturated rings. The molecule has 0 unspecified atom stereocenters. The average Bonchev–Trinajstić information content (AvgIpc) is 3.07. The SMILES string of the molecule is CN1C(=O)/C(=C/c2cc(Cl)c(OCc3ccc(I)cc3)c(Cl)c2)SC1=Nc1cccc(C(=O)O)c1. The molecule has 3 aromatic rings. The summed E-state index contributed by atoms with van der Waals surface area (Å²) >= 11 is 16.3. The summed E-state index contributed by atoms with van der Waals surface area (Å²) in [5.41, 5.74) is 2.18. The smallest absolute Gasteiger partial charge is 0.335 e. The van der Waals surface area contributed by atoms with Crippen LogP contribution in [0, 0.1) is 3.57 Å². The van der Waals surface area contributed by atoms with Gasteiger partial charge in [-0.05, 0) is 94.0 Å². The van der Waals surface area contributed by atoms with E-state index >= 15 is 0 Å². The molecule has 1 aliphatic rings. The summed E-state index contributed by atoms with van der Waals surface area (Å²) in [7, 11) is 1.61. The Hall–Kier alpha value is -2.53. The molecule has 0 bridgehead atoms. The number of hydrogen-bond donors (Lipinski definition) is 1. The molecule has 178 valence electrons. The Kier molecular flexibility index (Phi) is 8.05. The zero-order valence-electron chi connectivity index (χ0n) is 18.2. The van der Waals surface area contributed by atoms with Crippen molar-refractivity contribution in [3.05, 3.63) is 95.9 Å². The molecule has 1 heterocycles. The Labute approximate surface area is 229 Å². The summed E-state index contributed by atoms with van der Waals surface area (Å²) in [5, 5.41) is 10.3. The van der Waals surface area contributed by atoms with E-state index in [0.717, 1.165) is 9.13 Å².